The van der Waals surface area contributed by atoms with Gasteiger partial charge in [0.1, 0.15) is 36.9 Å². The molecule has 0 radical (unpaired) electrons. The summed E-state index contributed by atoms with van der Waals surface area (Å²) in [5.74, 6) is 1.44. The normalized spacial score (nSPS) is 21.2. The van der Waals surface area contributed by atoms with Crippen LogP contribution in [-0.4, -0.2) is 104 Å². The Hall–Kier alpha value is -2.65. The Bertz CT molecular complexity index is 994. The molecule has 1 amide bonds. The molecule has 2 aromatic carbocycles. The number of methoxy groups -OCH3 is 1. The van der Waals surface area contributed by atoms with Crippen LogP contribution in [0.4, 0.5) is 0 Å². The molecule has 0 unspecified atom stereocenters. The number of piperidine rings is 1. The van der Waals surface area contributed by atoms with Crippen molar-refractivity contribution < 1.29 is 24.1 Å². The van der Waals surface area contributed by atoms with Gasteiger partial charge in [-0.3, -0.25) is 14.6 Å². The van der Waals surface area contributed by atoms with Gasteiger partial charge in [-0.25, -0.2) is 0 Å². The smallest absolute Gasteiger partial charge is 0.248 e. The van der Waals surface area contributed by atoms with Crippen LogP contribution in [0.15, 0.2) is 48.5 Å². The van der Waals surface area contributed by atoms with E-state index in [1.54, 1.807) is 4.90 Å². The molecular weight excluding hydrogens is 482 g/mol. The van der Waals surface area contributed by atoms with Gasteiger partial charge >= 0.3 is 0 Å². The third kappa shape index (κ3) is 8.70. The van der Waals surface area contributed by atoms with E-state index in [1.165, 1.54) is 39.5 Å². The number of likely N-dealkylation sites (tertiary alicyclic amines) is 1. The second-order valence-corrected chi connectivity index (χ2v) is 10.7. The number of carbonyl (C=O) groups is 1. The number of hydrogen-bond donors (Lipinski definition) is 1. The van der Waals surface area contributed by atoms with Crippen LogP contribution in [0.2, 0.25) is 0 Å². The van der Waals surface area contributed by atoms with E-state index in [2.05, 4.69) is 21.9 Å². The first kappa shape index (κ1) is 28.4. The highest BCUT2D eigenvalue weighted by Crippen LogP contribution is 2.21. The predicted octanol–water partition coefficient (Wildman–Crippen LogP) is 2.96. The van der Waals surface area contributed by atoms with Gasteiger partial charge < -0.3 is 24.2 Å². The topological polar surface area (TPSA) is 74.7 Å². The van der Waals surface area contributed by atoms with Crippen LogP contribution in [0.1, 0.15) is 30.4 Å². The highest BCUT2D eigenvalue weighted by atomic mass is 16.5. The van der Waals surface area contributed by atoms with Gasteiger partial charge in [0, 0.05) is 39.8 Å². The Morgan fingerprint density at radius 1 is 0.868 bits per heavy atom. The lowest BCUT2D eigenvalue weighted by Gasteiger charge is -2.33. The molecule has 1 N–H and O–H groups in total. The Balaban J connectivity index is 1.35. The van der Waals surface area contributed by atoms with E-state index in [4.69, 9.17) is 14.2 Å². The summed E-state index contributed by atoms with van der Waals surface area (Å²) in [5.41, 5.74) is 1.06. The molecule has 38 heavy (non-hydrogen) atoms. The molecule has 1 atom stereocenters. The van der Waals surface area contributed by atoms with Crippen molar-refractivity contribution in [1.29, 1.82) is 0 Å². The number of benzene rings is 2. The van der Waals surface area contributed by atoms with E-state index in [0.717, 1.165) is 23.4 Å². The number of aryl methyl sites for hydroxylation is 1. The quantitative estimate of drug-likeness (QED) is 0.484. The molecule has 2 aliphatic heterocycles. The summed E-state index contributed by atoms with van der Waals surface area (Å²) in [5, 5.41) is 11.6. The number of aliphatic hydroxyl groups is 1. The Morgan fingerprint density at radius 3 is 2.26 bits per heavy atom. The van der Waals surface area contributed by atoms with Gasteiger partial charge in [0.2, 0.25) is 5.91 Å². The summed E-state index contributed by atoms with van der Waals surface area (Å²) < 4.78 is 17.0. The van der Waals surface area contributed by atoms with Crippen LogP contribution >= 0.6 is 0 Å². The largest absolute Gasteiger partial charge is 0.492 e. The van der Waals surface area contributed by atoms with Crippen molar-refractivity contribution in [1.82, 2.24) is 14.7 Å². The number of rotatable bonds is 11. The van der Waals surface area contributed by atoms with Crippen molar-refractivity contribution in [2.24, 2.45) is 0 Å². The van der Waals surface area contributed by atoms with E-state index < -0.39 is 5.60 Å². The fraction of sp³-hybridized carbons (Fsp3) is 0.567. The molecule has 2 aliphatic rings. The highest BCUT2D eigenvalue weighted by Gasteiger charge is 2.37. The molecule has 0 spiro atoms. The summed E-state index contributed by atoms with van der Waals surface area (Å²) >= 11 is 0. The first-order valence-corrected chi connectivity index (χ1v) is 13.8. The molecule has 0 saturated carbocycles. The second-order valence-electron chi connectivity index (χ2n) is 10.7. The van der Waals surface area contributed by atoms with Crippen LogP contribution in [0.5, 0.6) is 11.5 Å². The summed E-state index contributed by atoms with van der Waals surface area (Å²) in [6, 6.07) is 16.0. The second kappa shape index (κ2) is 13.9. The number of carbonyl (C=O) groups excluding carboxylic acids is 1. The molecule has 8 nitrogen and oxygen atoms in total. The Morgan fingerprint density at radius 2 is 1.55 bits per heavy atom. The lowest BCUT2D eigenvalue weighted by molar-refractivity contribution is -0.138. The first-order valence-electron chi connectivity index (χ1n) is 13.8. The minimum absolute atomic E-state index is 0.00583. The van der Waals surface area contributed by atoms with Gasteiger partial charge in [0.05, 0.1) is 6.54 Å². The molecular formula is C30H43N3O5. The van der Waals surface area contributed by atoms with E-state index in [0.29, 0.717) is 38.5 Å². The predicted molar refractivity (Wildman–Crippen MR) is 148 cm³/mol. The van der Waals surface area contributed by atoms with Crippen LogP contribution < -0.4 is 9.47 Å². The van der Waals surface area contributed by atoms with Crippen molar-refractivity contribution in [2.75, 3.05) is 72.7 Å². The zero-order chi connectivity index (χ0) is 26.8. The van der Waals surface area contributed by atoms with Gasteiger partial charge in [0.15, 0.2) is 0 Å². The molecule has 0 aliphatic carbocycles. The van der Waals surface area contributed by atoms with Crippen molar-refractivity contribution in [2.45, 2.75) is 38.3 Å². The maximum Gasteiger partial charge on any atom is 0.248 e. The molecule has 2 aromatic rings. The number of β-amino-alcohol motifs (C(OH)–C–C–N with tert-alkyl or cyclic N) is 1. The number of hydrogen-bond acceptors (Lipinski definition) is 7. The fourth-order valence-corrected chi connectivity index (χ4v) is 5.17. The summed E-state index contributed by atoms with van der Waals surface area (Å²) in [6.45, 7) is 8.54. The minimum atomic E-state index is -1.22. The average molecular weight is 526 g/mol. The molecule has 2 fully saturated rings. The number of amides is 1. The molecule has 0 bridgehead atoms. The summed E-state index contributed by atoms with van der Waals surface area (Å²) in [7, 11) is 1.51. The molecule has 2 saturated heterocycles. The molecule has 2 heterocycles. The first-order chi connectivity index (χ1) is 18.4. The van der Waals surface area contributed by atoms with Crippen LogP contribution in [-0.2, 0) is 16.1 Å². The highest BCUT2D eigenvalue weighted by molar-refractivity contribution is 5.77. The maximum absolute atomic E-state index is 12.7. The zero-order valence-electron chi connectivity index (χ0n) is 22.9. The van der Waals surface area contributed by atoms with E-state index in [9.17, 15) is 9.90 Å². The van der Waals surface area contributed by atoms with Gasteiger partial charge in [-0.05, 0) is 62.7 Å². The minimum Gasteiger partial charge on any atom is -0.492 e. The third-order valence-corrected chi connectivity index (χ3v) is 7.29. The van der Waals surface area contributed by atoms with Crippen LogP contribution in [0, 0.1) is 6.92 Å². The standard InChI is InChI=1S/C30H43N3O5/c1-25-6-10-28(11-7-25)38-24-30(35)22-32(16-17-33(23-30)29(34)21-36-2)20-26-8-12-27(13-9-26)37-19-18-31-14-4-3-5-15-31/h6-13,35H,3-5,14-24H2,1-2H3/t30-/m1/s1. The maximum atomic E-state index is 12.7. The monoisotopic (exact) mass is 525 g/mol. The lowest BCUT2D eigenvalue weighted by Crippen LogP contribution is -2.52. The average Bonchev–Trinajstić information content (AvgIpc) is 3.09. The van der Waals surface area contributed by atoms with Crippen molar-refractivity contribution >= 4 is 5.91 Å². The summed E-state index contributed by atoms with van der Waals surface area (Å²) in [6.07, 6.45) is 3.92. The van der Waals surface area contributed by atoms with Gasteiger partial charge in [-0.2, -0.15) is 0 Å². The third-order valence-electron chi connectivity index (χ3n) is 7.29. The lowest BCUT2D eigenvalue weighted by atomic mass is 10.0. The number of ether oxygens (including phenoxy) is 3. The van der Waals surface area contributed by atoms with E-state index in [-0.39, 0.29) is 25.7 Å². The number of nitrogens with zero attached hydrogens (tertiary/aromatic N) is 3. The molecule has 8 heteroatoms. The van der Waals surface area contributed by atoms with E-state index >= 15 is 0 Å². The van der Waals surface area contributed by atoms with E-state index in [1.807, 2.05) is 43.3 Å². The molecule has 208 valence electrons. The van der Waals surface area contributed by atoms with Crippen LogP contribution in [0.25, 0.3) is 0 Å². The van der Waals surface area contributed by atoms with Crippen molar-refractivity contribution in [3.63, 3.8) is 0 Å². The molecule has 0 aromatic heterocycles. The van der Waals surface area contributed by atoms with Gasteiger partial charge in [0.25, 0.3) is 0 Å². The Kier molecular flexibility index (Phi) is 10.4. The van der Waals surface area contributed by atoms with Crippen LogP contribution in [0.3, 0.4) is 0 Å². The van der Waals surface area contributed by atoms with Gasteiger partial charge in [-0.15, -0.1) is 0 Å². The SMILES string of the molecule is COCC(=O)N1CCN(Cc2ccc(OCCN3CCCCC3)cc2)C[C@](O)(COc2ccc(C)cc2)C1. The van der Waals surface area contributed by atoms with Crippen molar-refractivity contribution in [3.05, 3.63) is 59.7 Å². The van der Waals surface area contributed by atoms with Gasteiger partial charge in [-0.1, -0.05) is 36.2 Å². The Labute approximate surface area is 227 Å². The van der Waals surface area contributed by atoms with Crippen molar-refractivity contribution in [3.8, 4) is 11.5 Å². The molecule has 4 rings (SSSR count). The summed E-state index contributed by atoms with van der Waals surface area (Å²) in [4.78, 5) is 19.0. The zero-order valence-corrected chi connectivity index (χ0v) is 22.9. The fourth-order valence-electron chi connectivity index (χ4n) is 5.17.